The second-order valence-electron chi connectivity index (χ2n) is 4.54. The topological polar surface area (TPSA) is 52.4 Å². The van der Waals surface area contributed by atoms with Crippen molar-refractivity contribution in [2.45, 2.75) is 20.5 Å². The van der Waals surface area contributed by atoms with Crippen LogP contribution in [0.3, 0.4) is 0 Å². The van der Waals surface area contributed by atoms with Crippen LogP contribution in [0.1, 0.15) is 16.7 Å². The molecule has 0 bridgehead atoms. The predicted molar refractivity (Wildman–Crippen MR) is 73.3 cm³/mol. The third-order valence-corrected chi connectivity index (χ3v) is 2.75. The van der Waals surface area contributed by atoms with E-state index >= 15 is 0 Å². The molecule has 0 aromatic heterocycles. The van der Waals surface area contributed by atoms with Gasteiger partial charge < -0.3 is 4.74 Å². The summed E-state index contributed by atoms with van der Waals surface area (Å²) in [5.41, 5.74) is 3.30. The van der Waals surface area contributed by atoms with Gasteiger partial charge in [0.25, 0.3) is 5.69 Å². The molecule has 0 aliphatic carbocycles. The number of nitro groups is 1. The van der Waals surface area contributed by atoms with Gasteiger partial charge in [0, 0.05) is 12.1 Å². The van der Waals surface area contributed by atoms with E-state index < -0.39 is 4.92 Å². The summed E-state index contributed by atoms with van der Waals surface area (Å²) in [6.07, 6.45) is 0. The van der Waals surface area contributed by atoms with Crippen LogP contribution in [-0.4, -0.2) is 4.92 Å². The Morgan fingerprint density at radius 2 is 1.63 bits per heavy atom. The first-order valence-corrected chi connectivity index (χ1v) is 5.99. The third-order valence-electron chi connectivity index (χ3n) is 2.75. The van der Waals surface area contributed by atoms with Crippen molar-refractivity contribution < 1.29 is 9.66 Å². The van der Waals surface area contributed by atoms with Crippen LogP contribution in [0.4, 0.5) is 5.69 Å². The molecule has 0 saturated heterocycles. The Labute approximate surface area is 111 Å². The number of hydrogen-bond donors (Lipinski definition) is 0. The zero-order chi connectivity index (χ0) is 13.8. The van der Waals surface area contributed by atoms with Crippen molar-refractivity contribution in [3.05, 3.63) is 69.3 Å². The Morgan fingerprint density at radius 1 is 1.05 bits per heavy atom. The summed E-state index contributed by atoms with van der Waals surface area (Å²) in [6, 6.07) is 12.4. The lowest BCUT2D eigenvalue weighted by Gasteiger charge is -2.08. The highest BCUT2D eigenvalue weighted by Crippen LogP contribution is 2.18. The second kappa shape index (κ2) is 5.52. The Bertz CT molecular complexity index is 571. The molecule has 4 heteroatoms. The van der Waals surface area contributed by atoms with E-state index in [9.17, 15) is 10.1 Å². The summed E-state index contributed by atoms with van der Waals surface area (Å²) in [7, 11) is 0. The van der Waals surface area contributed by atoms with Crippen molar-refractivity contribution in [1.29, 1.82) is 0 Å². The fourth-order valence-corrected chi connectivity index (χ4v) is 1.90. The Hall–Kier alpha value is -2.36. The van der Waals surface area contributed by atoms with E-state index in [4.69, 9.17) is 4.74 Å². The summed E-state index contributed by atoms with van der Waals surface area (Å²) in [4.78, 5) is 10.1. The van der Waals surface area contributed by atoms with Gasteiger partial charge in [0.1, 0.15) is 12.4 Å². The fraction of sp³-hybridized carbons (Fsp3) is 0.200. The van der Waals surface area contributed by atoms with E-state index in [-0.39, 0.29) is 5.69 Å². The van der Waals surface area contributed by atoms with Gasteiger partial charge in [-0.1, -0.05) is 6.07 Å². The van der Waals surface area contributed by atoms with E-state index in [1.165, 1.54) is 12.1 Å². The normalized spacial score (nSPS) is 10.2. The van der Waals surface area contributed by atoms with Crippen LogP contribution in [0.5, 0.6) is 5.75 Å². The van der Waals surface area contributed by atoms with Crippen LogP contribution in [0.25, 0.3) is 0 Å². The number of hydrogen-bond acceptors (Lipinski definition) is 3. The molecule has 2 aromatic rings. The first kappa shape index (κ1) is 13.1. The molecule has 98 valence electrons. The van der Waals surface area contributed by atoms with E-state index in [1.807, 2.05) is 26.0 Å². The molecule has 0 heterocycles. The molecule has 0 aliphatic rings. The summed E-state index contributed by atoms with van der Waals surface area (Å²) < 4.78 is 5.68. The molecule has 0 radical (unpaired) electrons. The quantitative estimate of drug-likeness (QED) is 0.618. The standard InChI is InChI=1S/C15H15NO3/c1-11-7-12(2)9-15(8-11)19-10-13-3-5-14(6-4-13)16(17)18/h3-9H,10H2,1-2H3. The number of ether oxygens (including phenoxy) is 1. The molecule has 2 rings (SSSR count). The van der Waals surface area contributed by atoms with Crippen LogP contribution in [-0.2, 0) is 6.61 Å². The maximum atomic E-state index is 10.5. The van der Waals surface area contributed by atoms with Crippen molar-refractivity contribution in [3.8, 4) is 5.75 Å². The van der Waals surface area contributed by atoms with Gasteiger partial charge in [0.2, 0.25) is 0 Å². The van der Waals surface area contributed by atoms with Crippen LogP contribution < -0.4 is 4.74 Å². The van der Waals surface area contributed by atoms with Gasteiger partial charge in [-0.3, -0.25) is 10.1 Å². The average molecular weight is 257 g/mol. The smallest absolute Gasteiger partial charge is 0.269 e. The van der Waals surface area contributed by atoms with Crippen LogP contribution in [0.2, 0.25) is 0 Å². The van der Waals surface area contributed by atoms with Gasteiger partial charge in [-0.25, -0.2) is 0 Å². The van der Waals surface area contributed by atoms with E-state index in [0.717, 1.165) is 22.4 Å². The van der Waals surface area contributed by atoms with Crippen molar-refractivity contribution in [2.75, 3.05) is 0 Å². The molecule has 0 aliphatic heterocycles. The molecule has 0 unspecified atom stereocenters. The molecule has 0 amide bonds. The molecule has 0 fully saturated rings. The molecule has 0 atom stereocenters. The predicted octanol–water partition coefficient (Wildman–Crippen LogP) is 3.79. The second-order valence-corrected chi connectivity index (χ2v) is 4.54. The van der Waals surface area contributed by atoms with Gasteiger partial charge in [-0.2, -0.15) is 0 Å². The lowest BCUT2D eigenvalue weighted by molar-refractivity contribution is -0.384. The van der Waals surface area contributed by atoms with E-state index in [1.54, 1.807) is 12.1 Å². The molecule has 0 saturated carbocycles. The van der Waals surface area contributed by atoms with Gasteiger partial charge in [-0.15, -0.1) is 0 Å². The van der Waals surface area contributed by atoms with Crippen molar-refractivity contribution in [2.24, 2.45) is 0 Å². The van der Waals surface area contributed by atoms with Gasteiger partial charge in [-0.05, 0) is 54.8 Å². The first-order chi connectivity index (χ1) is 9.04. The monoisotopic (exact) mass is 257 g/mol. The highest BCUT2D eigenvalue weighted by atomic mass is 16.6. The minimum absolute atomic E-state index is 0.0927. The Balaban J connectivity index is 2.03. The third kappa shape index (κ3) is 3.55. The molecular formula is C15H15NO3. The Morgan fingerprint density at radius 3 is 2.16 bits per heavy atom. The number of aryl methyl sites for hydroxylation is 2. The molecular weight excluding hydrogens is 242 g/mol. The van der Waals surface area contributed by atoms with Crippen molar-refractivity contribution >= 4 is 5.69 Å². The zero-order valence-corrected chi connectivity index (χ0v) is 10.9. The van der Waals surface area contributed by atoms with Crippen LogP contribution in [0.15, 0.2) is 42.5 Å². The van der Waals surface area contributed by atoms with Crippen LogP contribution >= 0.6 is 0 Å². The minimum Gasteiger partial charge on any atom is -0.489 e. The fourth-order valence-electron chi connectivity index (χ4n) is 1.90. The minimum atomic E-state index is -0.408. The van der Waals surface area contributed by atoms with Gasteiger partial charge in [0.15, 0.2) is 0 Å². The molecule has 2 aromatic carbocycles. The lowest BCUT2D eigenvalue weighted by Crippen LogP contribution is -1.96. The molecule has 0 spiro atoms. The maximum Gasteiger partial charge on any atom is 0.269 e. The number of nitrogens with zero attached hydrogens (tertiary/aromatic N) is 1. The average Bonchev–Trinajstić information content (AvgIpc) is 2.36. The number of nitro benzene ring substituents is 1. The molecule has 0 N–H and O–H groups in total. The van der Waals surface area contributed by atoms with E-state index in [2.05, 4.69) is 6.07 Å². The summed E-state index contributed by atoms with van der Waals surface area (Å²) >= 11 is 0. The summed E-state index contributed by atoms with van der Waals surface area (Å²) in [5.74, 6) is 0.816. The highest BCUT2D eigenvalue weighted by Gasteiger charge is 2.04. The molecule has 19 heavy (non-hydrogen) atoms. The maximum absolute atomic E-state index is 10.5. The summed E-state index contributed by atoms with van der Waals surface area (Å²) in [6.45, 7) is 4.44. The number of benzene rings is 2. The zero-order valence-electron chi connectivity index (χ0n) is 10.9. The van der Waals surface area contributed by atoms with Crippen LogP contribution in [0, 0.1) is 24.0 Å². The number of non-ortho nitro benzene ring substituents is 1. The van der Waals surface area contributed by atoms with Crippen molar-refractivity contribution in [3.63, 3.8) is 0 Å². The SMILES string of the molecule is Cc1cc(C)cc(OCc2ccc([N+](=O)[O-])cc2)c1. The highest BCUT2D eigenvalue weighted by molar-refractivity contribution is 5.35. The summed E-state index contributed by atoms with van der Waals surface area (Å²) in [5, 5.41) is 10.5. The number of rotatable bonds is 4. The van der Waals surface area contributed by atoms with Gasteiger partial charge in [0.05, 0.1) is 4.92 Å². The Kier molecular flexibility index (Phi) is 3.80. The first-order valence-electron chi connectivity index (χ1n) is 5.99. The largest absolute Gasteiger partial charge is 0.489 e. The van der Waals surface area contributed by atoms with Gasteiger partial charge >= 0.3 is 0 Å². The van der Waals surface area contributed by atoms with E-state index in [0.29, 0.717) is 6.61 Å². The molecule has 4 nitrogen and oxygen atoms in total. The van der Waals surface area contributed by atoms with Crippen molar-refractivity contribution in [1.82, 2.24) is 0 Å². The lowest BCUT2D eigenvalue weighted by atomic mass is 10.1.